The molecule has 0 aromatic heterocycles. The molecule has 0 fully saturated rings. The van der Waals surface area contributed by atoms with Crippen molar-refractivity contribution >= 4 is 11.9 Å². The predicted molar refractivity (Wildman–Crippen MR) is 73.8 cm³/mol. The lowest BCUT2D eigenvalue weighted by atomic mass is 9.94. The van der Waals surface area contributed by atoms with Crippen molar-refractivity contribution in [2.45, 2.75) is 39.7 Å². The lowest BCUT2D eigenvalue weighted by molar-refractivity contribution is -0.145. The van der Waals surface area contributed by atoms with Crippen LogP contribution in [0.1, 0.15) is 49.4 Å². The number of rotatable bonds is 4. The molecule has 0 heterocycles. The van der Waals surface area contributed by atoms with Gasteiger partial charge in [0.15, 0.2) is 6.04 Å². The highest BCUT2D eigenvalue weighted by molar-refractivity contribution is 5.84. The molecular weight excluding hydrogens is 242 g/mol. The minimum atomic E-state index is -0.749. The number of hydrogen-bond acceptors (Lipinski definition) is 3. The number of esters is 1. The molecule has 0 bridgehead atoms. The second kappa shape index (κ2) is 6.36. The van der Waals surface area contributed by atoms with E-state index < -0.39 is 12.0 Å². The Labute approximate surface area is 114 Å². The summed E-state index contributed by atoms with van der Waals surface area (Å²) in [5.74, 6) is -0.362. The molecule has 0 aliphatic rings. The van der Waals surface area contributed by atoms with E-state index in [-0.39, 0.29) is 5.91 Å². The van der Waals surface area contributed by atoms with E-state index in [0.29, 0.717) is 5.92 Å². The van der Waals surface area contributed by atoms with Gasteiger partial charge in [0.2, 0.25) is 5.91 Å². The van der Waals surface area contributed by atoms with Crippen LogP contribution in [0.3, 0.4) is 0 Å². The van der Waals surface area contributed by atoms with E-state index in [1.165, 1.54) is 14.0 Å². The van der Waals surface area contributed by atoms with Gasteiger partial charge in [0.05, 0.1) is 7.11 Å². The smallest absolute Gasteiger partial charge is 0.333 e. The van der Waals surface area contributed by atoms with Crippen LogP contribution in [0.15, 0.2) is 18.2 Å². The molecule has 0 radical (unpaired) electrons. The third kappa shape index (κ3) is 3.81. The zero-order valence-electron chi connectivity index (χ0n) is 12.1. The monoisotopic (exact) mass is 263 g/mol. The van der Waals surface area contributed by atoms with Gasteiger partial charge in [-0.15, -0.1) is 0 Å². The van der Waals surface area contributed by atoms with Gasteiger partial charge >= 0.3 is 5.97 Å². The van der Waals surface area contributed by atoms with Gasteiger partial charge in [-0.1, -0.05) is 32.0 Å². The number of benzene rings is 1. The molecule has 4 nitrogen and oxygen atoms in total. The minimum Gasteiger partial charge on any atom is -0.467 e. The summed E-state index contributed by atoms with van der Waals surface area (Å²) in [4.78, 5) is 23.1. The Bertz CT molecular complexity index is 480. The van der Waals surface area contributed by atoms with Gasteiger partial charge in [-0.2, -0.15) is 0 Å². The van der Waals surface area contributed by atoms with Gasteiger partial charge in [-0.25, -0.2) is 4.79 Å². The maximum Gasteiger partial charge on any atom is 0.333 e. The Morgan fingerprint density at radius 2 is 1.89 bits per heavy atom. The first-order valence-corrected chi connectivity index (χ1v) is 6.32. The molecule has 1 amide bonds. The molecule has 1 rings (SSSR count). The van der Waals surface area contributed by atoms with E-state index in [0.717, 1.165) is 16.7 Å². The molecule has 104 valence electrons. The number of methoxy groups -OCH3 is 1. The first kappa shape index (κ1) is 15.2. The third-order valence-electron chi connectivity index (χ3n) is 3.07. The van der Waals surface area contributed by atoms with Crippen molar-refractivity contribution in [1.82, 2.24) is 5.32 Å². The summed E-state index contributed by atoms with van der Waals surface area (Å²) in [5, 5.41) is 2.64. The van der Waals surface area contributed by atoms with Gasteiger partial charge < -0.3 is 10.1 Å². The van der Waals surface area contributed by atoms with Gasteiger partial charge in [0.1, 0.15) is 0 Å². The highest BCUT2D eigenvalue weighted by Crippen LogP contribution is 2.24. The van der Waals surface area contributed by atoms with Crippen LogP contribution in [-0.2, 0) is 14.3 Å². The fourth-order valence-corrected chi connectivity index (χ4v) is 1.91. The predicted octanol–water partition coefficient (Wildman–Crippen LogP) is 2.47. The Morgan fingerprint density at radius 3 is 2.37 bits per heavy atom. The average molecular weight is 263 g/mol. The van der Waals surface area contributed by atoms with Crippen molar-refractivity contribution in [2.24, 2.45) is 0 Å². The summed E-state index contributed by atoms with van der Waals surface area (Å²) in [6.07, 6.45) is 0. The largest absolute Gasteiger partial charge is 0.467 e. The molecule has 1 unspecified atom stereocenters. The molecule has 0 aliphatic heterocycles. The minimum absolute atomic E-state index is 0.259. The lowest BCUT2D eigenvalue weighted by Crippen LogP contribution is -2.33. The van der Waals surface area contributed by atoms with Crippen LogP contribution in [0.4, 0.5) is 0 Å². The van der Waals surface area contributed by atoms with E-state index in [9.17, 15) is 9.59 Å². The van der Waals surface area contributed by atoms with E-state index in [1.807, 2.05) is 25.1 Å². The van der Waals surface area contributed by atoms with Crippen LogP contribution in [0, 0.1) is 6.92 Å². The van der Waals surface area contributed by atoms with E-state index in [4.69, 9.17) is 4.74 Å². The van der Waals surface area contributed by atoms with Gasteiger partial charge in [-0.05, 0) is 29.5 Å². The van der Waals surface area contributed by atoms with Gasteiger partial charge in [0.25, 0.3) is 0 Å². The molecule has 0 spiro atoms. The van der Waals surface area contributed by atoms with Crippen LogP contribution in [-0.4, -0.2) is 19.0 Å². The first-order chi connectivity index (χ1) is 8.86. The zero-order valence-corrected chi connectivity index (χ0v) is 12.1. The zero-order chi connectivity index (χ0) is 14.6. The molecular formula is C15H21NO3. The molecule has 4 heteroatoms. The molecule has 0 aliphatic carbocycles. The van der Waals surface area contributed by atoms with Crippen LogP contribution < -0.4 is 5.32 Å². The van der Waals surface area contributed by atoms with Crippen molar-refractivity contribution in [3.8, 4) is 0 Å². The normalized spacial score (nSPS) is 12.1. The lowest BCUT2D eigenvalue weighted by Gasteiger charge is -2.19. The topological polar surface area (TPSA) is 55.4 Å². The van der Waals surface area contributed by atoms with Crippen molar-refractivity contribution in [2.75, 3.05) is 7.11 Å². The highest BCUT2D eigenvalue weighted by atomic mass is 16.5. The Morgan fingerprint density at radius 1 is 1.26 bits per heavy atom. The molecule has 1 aromatic carbocycles. The quantitative estimate of drug-likeness (QED) is 0.849. The Balaban J connectivity index is 3.24. The van der Waals surface area contributed by atoms with Crippen LogP contribution >= 0.6 is 0 Å². The SMILES string of the molecule is COC(=O)C(NC(C)=O)c1cc(C(C)C)ccc1C. The van der Waals surface area contributed by atoms with E-state index in [2.05, 4.69) is 19.2 Å². The standard InChI is InChI=1S/C15H21NO3/c1-9(2)12-7-6-10(3)13(8-12)14(15(18)19-5)16-11(4)17/h6-9,14H,1-5H3,(H,16,17). The molecule has 1 atom stereocenters. The summed E-state index contributed by atoms with van der Waals surface area (Å²) in [7, 11) is 1.32. The van der Waals surface area contributed by atoms with Gasteiger partial charge in [0, 0.05) is 6.92 Å². The Hall–Kier alpha value is -1.84. The van der Waals surface area contributed by atoms with Crippen LogP contribution in [0.2, 0.25) is 0 Å². The van der Waals surface area contributed by atoms with Crippen molar-refractivity contribution in [3.05, 3.63) is 34.9 Å². The average Bonchev–Trinajstić information content (AvgIpc) is 2.35. The summed E-state index contributed by atoms with van der Waals surface area (Å²) in [6.45, 7) is 7.47. The number of ether oxygens (including phenoxy) is 1. The summed E-state index contributed by atoms with van der Waals surface area (Å²) >= 11 is 0. The van der Waals surface area contributed by atoms with E-state index in [1.54, 1.807) is 0 Å². The summed E-state index contributed by atoms with van der Waals surface area (Å²) in [6, 6.07) is 5.20. The van der Waals surface area contributed by atoms with Crippen molar-refractivity contribution < 1.29 is 14.3 Å². The first-order valence-electron chi connectivity index (χ1n) is 6.32. The van der Waals surface area contributed by atoms with Crippen LogP contribution in [0.5, 0.6) is 0 Å². The third-order valence-corrected chi connectivity index (χ3v) is 3.07. The number of nitrogens with one attached hydrogen (secondary N) is 1. The number of hydrogen-bond donors (Lipinski definition) is 1. The molecule has 0 saturated heterocycles. The maximum absolute atomic E-state index is 11.8. The number of amides is 1. The van der Waals surface area contributed by atoms with Gasteiger partial charge in [-0.3, -0.25) is 4.79 Å². The second-order valence-corrected chi connectivity index (χ2v) is 4.93. The summed E-state index contributed by atoms with van der Waals surface area (Å²) in [5.41, 5.74) is 2.86. The molecule has 0 saturated carbocycles. The van der Waals surface area contributed by atoms with Crippen molar-refractivity contribution in [3.63, 3.8) is 0 Å². The van der Waals surface area contributed by atoms with E-state index >= 15 is 0 Å². The van der Waals surface area contributed by atoms with Crippen LogP contribution in [0.25, 0.3) is 0 Å². The molecule has 1 aromatic rings. The number of carbonyl (C=O) groups is 2. The maximum atomic E-state index is 11.8. The Kier molecular flexibility index (Phi) is 5.10. The summed E-state index contributed by atoms with van der Waals surface area (Å²) < 4.78 is 4.77. The number of aryl methyl sites for hydroxylation is 1. The molecule has 1 N–H and O–H groups in total. The fraction of sp³-hybridized carbons (Fsp3) is 0.467. The van der Waals surface area contributed by atoms with Crippen molar-refractivity contribution in [1.29, 1.82) is 0 Å². The fourth-order valence-electron chi connectivity index (χ4n) is 1.91. The molecule has 19 heavy (non-hydrogen) atoms. The second-order valence-electron chi connectivity index (χ2n) is 4.93. The number of carbonyl (C=O) groups excluding carboxylic acids is 2. The highest BCUT2D eigenvalue weighted by Gasteiger charge is 2.24.